The van der Waals surface area contributed by atoms with Gasteiger partial charge in [0.15, 0.2) is 11.6 Å². The van der Waals surface area contributed by atoms with Crippen LogP contribution in [0.4, 0.5) is 0 Å². The van der Waals surface area contributed by atoms with Crippen molar-refractivity contribution in [3.8, 4) is 72.4 Å². The topological polar surface area (TPSA) is 39.1 Å². The van der Waals surface area contributed by atoms with Crippen LogP contribution in [0.2, 0.25) is 0 Å². The lowest BCUT2D eigenvalue weighted by Crippen LogP contribution is -1.98. The Hall–Kier alpha value is -7.88. The van der Waals surface area contributed by atoms with Gasteiger partial charge >= 0.3 is 0 Å². The van der Waals surface area contributed by atoms with Crippen LogP contribution in [0, 0.1) is 0 Å². The molecular formula is C56H33NO2. The fourth-order valence-corrected chi connectivity index (χ4v) is 9.55. The summed E-state index contributed by atoms with van der Waals surface area (Å²) in [5.74, 6) is 0.182. The fourth-order valence-electron chi connectivity index (χ4n) is 9.55. The Kier molecular flexibility index (Phi) is 7.23. The van der Waals surface area contributed by atoms with E-state index in [0.29, 0.717) is 0 Å². The van der Waals surface area contributed by atoms with Gasteiger partial charge in [0.1, 0.15) is 0 Å². The number of benzene rings is 9. The number of ketones is 2. The third-order valence-corrected chi connectivity index (χ3v) is 12.3. The van der Waals surface area contributed by atoms with Crippen molar-refractivity contribution < 1.29 is 9.59 Å². The minimum Gasteiger partial charge on any atom is -0.309 e. The van der Waals surface area contributed by atoms with Gasteiger partial charge in [-0.3, -0.25) is 9.59 Å². The van der Waals surface area contributed by atoms with Gasteiger partial charge in [-0.2, -0.15) is 0 Å². The molecule has 0 fully saturated rings. The van der Waals surface area contributed by atoms with E-state index in [-0.39, 0.29) is 11.6 Å². The van der Waals surface area contributed by atoms with Gasteiger partial charge < -0.3 is 4.57 Å². The summed E-state index contributed by atoms with van der Waals surface area (Å²) in [5.41, 5.74) is 19.0. The summed E-state index contributed by atoms with van der Waals surface area (Å²) in [7, 11) is 0. The first-order valence-corrected chi connectivity index (χ1v) is 20.0. The van der Waals surface area contributed by atoms with E-state index >= 15 is 0 Å². The molecule has 0 N–H and O–H groups in total. The number of hydrogen-bond donors (Lipinski definition) is 0. The van der Waals surface area contributed by atoms with Gasteiger partial charge in [0.2, 0.25) is 0 Å². The molecular weight excluding hydrogens is 719 g/mol. The van der Waals surface area contributed by atoms with Crippen LogP contribution in [-0.2, 0) is 0 Å². The highest BCUT2D eigenvalue weighted by atomic mass is 16.1. The Bertz CT molecular complexity index is 3180. The molecule has 2 aliphatic carbocycles. The monoisotopic (exact) mass is 751 g/mol. The number of rotatable bonds is 5. The van der Waals surface area contributed by atoms with E-state index in [1.807, 2.05) is 60.7 Å². The molecule has 3 nitrogen and oxygen atoms in total. The molecule has 0 amide bonds. The molecule has 2 aliphatic rings. The van der Waals surface area contributed by atoms with Crippen molar-refractivity contribution in [3.63, 3.8) is 0 Å². The highest BCUT2D eigenvalue weighted by Crippen LogP contribution is 2.44. The number of fused-ring (bicyclic) bond motifs is 9. The van der Waals surface area contributed by atoms with Crippen LogP contribution < -0.4 is 0 Å². The lowest BCUT2D eigenvalue weighted by Gasteiger charge is -2.10. The standard InChI is InChI=1S/C56H33NO2/c58-55-47-14-6-4-12-43(47)45-18-8-16-41(53(45)55)36-24-20-34(21-25-36)38-28-30-51-49(32-38)50-33-39(29-31-52(50)57(51)40-10-2-1-3-11-40)35-22-26-37(27-23-35)42-17-9-19-46-44-13-5-7-15-48(44)56(59)54(42)46/h1-33H. The van der Waals surface area contributed by atoms with E-state index in [9.17, 15) is 9.59 Å². The van der Waals surface area contributed by atoms with E-state index in [4.69, 9.17) is 0 Å². The van der Waals surface area contributed by atoms with Crippen molar-refractivity contribution in [3.05, 3.63) is 222 Å². The quantitative estimate of drug-likeness (QED) is 0.176. The maximum absolute atomic E-state index is 13.6. The van der Waals surface area contributed by atoms with Crippen molar-refractivity contribution in [2.75, 3.05) is 0 Å². The molecule has 0 unspecified atom stereocenters. The van der Waals surface area contributed by atoms with Crippen LogP contribution in [0.3, 0.4) is 0 Å². The van der Waals surface area contributed by atoms with Gasteiger partial charge in [-0.25, -0.2) is 0 Å². The number of aromatic nitrogens is 1. The van der Waals surface area contributed by atoms with Crippen molar-refractivity contribution in [1.82, 2.24) is 4.57 Å². The second-order valence-corrected chi connectivity index (χ2v) is 15.5. The minimum atomic E-state index is 0.0908. The molecule has 0 aliphatic heterocycles. The lowest BCUT2D eigenvalue weighted by molar-refractivity contribution is 0.103. The molecule has 10 aromatic rings. The predicted molar refractivity (Wildman–Crippen MR) is 240 cm³/mol. The summed E-state index contributed by atoms with van der Waals surface area (Å²) in [6.07, 6.45) is 0. The van der Waals surface area contributed by atoms with Crippen LogP contribution in [0.5, 0.6) is 0 Å². The maximum Gasteiger partial charge on any atom is 0.194 e. The number of nitrogens with zero attached hydrogens (tertiary/aromatic N) is 1. The lowest BCUT2D eigenvalue weighted by atomic mass is 9.93. The van der Waals surface area contributed by atoms with Crippen molar-refractivity contribution in [2.24, 2.45) is 0 Å². The van der Waals surface area contributed by atoms with Crippen LogP contribution in [-0.4, -0.2) is 16.1 Å². The Morgan fingerprint density at radius 1 is 0.271 bits per heavy atom. The van der Waals surface area contributed by atoms with E-state index in [1.165, 1.54) is 10.8 Å². The summed E-state index contributed by atoms with van der Waals surface area (Å²) in [6.45, 7) is 0. The van der Waals surface area contributed by atoms with E-state index in [1.54, 1.807) is 0 Å². The van der Waals surface area contributed by atoms with Crippen LogP contribution in [0.15, 0.2) is 200 Å². The van der Waals surface area contributed by atoms with Crippen molar-refractivity contribution in [1.29, 1.82) is 0 Å². The molecule has 0 bridgehead atoms. The van der Waals surface area contributed by atoms with E-state index < -0.39 is 0 Å². The minimum absolute atomic E-state index is 0.0908. The molecule has 274 valence electrons. The van der Waals surface area contributed by atoms with Gasteiger partial charge in [-0.15, -0.1) is 0 Å². The molecule has 0 saturated carbocycles. The zero-order valence-electron chi connectivity index (χ0n) is 31.8. The highest BCUT2D eigenvalue weighted by Gasteiger charge is 2.30. The summed E-state index contributed by atoms with van der Waals surface area (Å²) in [4.78, 5) is 27.1. The first-order valence-electron chi connectivity index (χ1n) is 20.0. The Morgan fingerprint density at radius 2 is 0.627 bits per heavy atom. The van der Waals surface area contributed by atoms with E-state index in [0.717, 1.165) is 106 Å². The molecule has 12 rings (SSSR count). The largest absolute Gasteiger partial charge is 0.309 e. The fraction of sp³-hybridized carbons (Fsp3) is 0. The second kappa shape index (κ2) is 12.8. The number of carbonyl (C=O) groups is 2. The second-order valence-electron chi connectivity index (χ2n) is 15.5. The summed E-state index contributed by atoms with van der Waals surface area (Å²) in [5, 5.41) is 2.34. The molecule has 59 heavy (non-hydrogen) atoms. The molecule has 0 atom stereocenters. The highest BCUT2D eigenvalue weighted by molar-refractivity contribution is 6.25. The van der Waals surface area contributed by atoms with E-state index in [2.05, 4.69) is 144 Å². The maximum atomic E-state index is 13.6. The number of carbonyl (C=O) groups excluding carboxylic acids is 2. The van der Waals surface area contributed by atoms with Gasteiger partial charge in [-0.1, -0.05) is 164 Å². The Morgan fingerprint density at radius 3 is 1.08 bits per heavy atom. The van der Waals surface area contributed by atoms with Gasteiger partial charge in [-0.05, 0) is 103 Å². The van der Waals surface area contributed by atoms with Crippen molar-refractivity contribution >= 4 is 33.4 Å². The Balaban J connectivity index is 0.931. The number of hydrogen-bond acceptors (Lipinski definition) is 2. The molecule has 0 spiro atoms. The van der Waals surface area contributed by atoms with Crippen LogP contribution in [0.25, 0.3) is 94.3 Å². The molecule has 0 radical (unpaired) electrons. The SMILES string of the molecule is O=C1c2ccccc2-c2cccc(-c3ccc(-c4ccc5c(c4)c4cc(-c6ccc(-c7cccc8c7C(=O)c7ccccc7-8)cc6)ccc4n5-c4ccccc4)cc3)c21. The normalized spacial score (nSPS) is 12.5. The molecule has 3 heteroatoms. The molecule has 0 saturated heterocycles. The third kappa shape index (κ3) is 5.02. The third-order valence-electron chi connectivity index (χ3n) is 12.3. The number of para-hydroxylation sites is 1. The molecule has 1 heterocycles. The summed E-state index contributed by atoms with van der Waals surface area (Å²) < 4.78 is 2.35. The average molecular weight is 752 g/mol. The predicted octanol–water partition coefficient (Wildman–Crippen LogP) is 13.9. The first-order chi connectivity index (χ1) is 29.1. The van der Waals surface area contributed by atoms with Gasteiger partial charge in [0.25, 0.3) is 0 Å². The smallest absolute Gasteiger partial charge is 0.194 e. The zero-order valence-corrected chi connectivity index (χ0v) is 31.8. The van der Waals surface area contributed by atoms with Crippen LogP contribution >= 0.6 is 0 Å². The van der Waals surface area contributed by atoms with Crippen LogP contribution in [0.1, 0.15) is 31.8 Å². The van der Waals surface area contributed by atoms with Gasteiger partial charge in [0, 0.05) is 38.7 Å². The summed E-state index contributed by atoms with van der Waals surface area (Å²) >= 11 is 0. The van der Waals surface area contributed by atoms with Gasteiger partial charge in [0.05, 0.1) is 11.0 Å². The summed E-state index contributed by atoms with van der Waals surface area (Å²) in [6, 6.07) is 69.4. The average Bonchev–Trinajstić information content (AvgIpc) is 3.91. The Labute approximate surface area is 341 Å². The molecule has 1 aromatic heterocycles. The molecule has 9 aromatic carbocycles. The zero-order chi connectivity index (χ0) is 39.2. The first kappa shape index (κ1) is 33.3. The van der Waals surface area contributed by atoms with Crippen molar-refractivity contribution in [2.45, 2.75) is 0 Å².